The Morgan fingerprint density at radius 2 is 1.80 bits per heavy atom. The van der Waals surface area contributed by atoms with Crippen LogP contribution < -0.4 is 10.3 Å². The molecule has 1 amide bonds. The molecule has 210 valence electrons. The number of amides is 1. The number of fused-ring (bicyclic) bond motifs is 2. The molecule has 10 heteroatoms. The molecule has 1 aliphatic rings. The number of rotatable bonds is 7. The molecule has 3 aromatic heterocycles. The van der Waals surface area contributed by atoms with E-state index in [-0.39, 0.29) is 17.5 Å². The van der Waals surface area contributed by atoms with Gasteiger partial charge in [0.25, 0.3) is 5.56 Å². The molecule has 1 fully saturated rings. The highest BCUT2D eigenvalue weighted by atomic mass is 19.3. The fourth-order valence-electron chi connectivity index (χ4n) is 5.36. The summed E-state index contributed by atoms with van der Waals surface area (Å²) in [5, 5.41) is 1.44. The fourth-order valence-corrected chi connectivity index (χ4v) is 5.36. The maximum atomic E-state index is 13.5. The van der Waals surface area contributed by atoms with Crippen molar-refractivity contribution in [3.05, 3.63) is 83.4 Å². The Morgan fingerprint density at radius 1 is 1.02 bits per heavy atom. The zero-order valence-corrected chi connectivity index (χ0v) is 22.7. The highest BCUT2D eigenvalue weighted by Gasteiger charge is 2.28. The first-order valence-electron chi connectivity index (χ1n) is 13.4. The van der Waals surface area contributed by atoms with Gasteiger partial charge in [0.05, 0.1) is 17.3 Å². The third-order valence-electron chi connectivity index (χ3n) is 7.77. The second kappa shape index (κ2) is 10.8. The molecule has 0 spiro atoms. The number of nitrogens with one attached hydrogen (secondary N) is 1. The summed E-state index contributed by atoms with van der Waals surface area (Å²) in [6.45, 7) is 1.71. The van der Waals surface area contributed by atoms with Gasteiger partial charge in [-0.2, -0.15) is 8.78 Å². The van der Waals surface area contributed by atoms with Crippen molar-refractivity contribution in [2.24, 2.45) is 0 Å². The van der Waals surface area contributed by atoms with Crippen LogP contribution in [0.4, 0.5) is 8.78 Å². The molecule has 5 aromatic rings. The summed E-state index contributed by atoms with van der Waals surface area (Å²) in [4.78, 5) is 36.1. The molecule has 6 rings (SSSR count). The largest absolute Gasteiger partial charge is 0.492 e. The molecular formula is C31H29F2N5O3. The molecular weight excluding hydrogens is 528 g/mol. The molecule has 4 heterocycles. The van der Waals surface area contributed by atoms with E-state index in [1.54, 1.807) is 17.2 Å². The van der Waals surface area contributed by atoms with Crippen LogP contribution >= 0.6 is 0 Å². The van der Waals surface area contributed by atoms with Gasteiger partial charge in [0.2, 0.25) is 5.91 Å². The van der Waals surface area contributed by atoms with E-state index in [9.17, 15) is 18.4 Å². The van der Waals surface area contributed by atoms with Crippen LogP contribution in [0.15, 0.2) is 77.9 Å². The Morgan fingerprint density at radius 3 is 2.59 bits per heavy atom. The number of nitrogens with zero attached hydrogens (tertiary/aromatic N) is 4. The number of carbonyl (C=O) groups excluding carboxylic acids is 1. The third kappa shape index (κ3) is 5.06. The van der Waals surface area contributed by atoms with E-state index < -0.39 is 12.1 Å². The maximum absolute atomic E-state index is 13.5. The number of alkyl halides is 2. The Balaban J connectivity index is 1.18. The summed E-state index contributed by atoms with van der Waals surface area (Å²) in [6.07, 6.45) is 2.79. The molecule has 0 radical (unpaired) electrons. The molecule has 8 nitrogen and oxygen atoms in total. The topological polar surface area (TPSA) is 83.5 Å². The van der Waals surface area contributed by atoms with E-state index in [1.807, 2.05) is 68.6 Å². The average molecular weight is 558 g/mol. The number of ether oxygens (including phenoxy) is 1. The number of aromatic amines is 1. The minimum absolute atomic E-state index is 0.135. The minimum atomic E-state index is -2.94. The lowest BCUT2D eigenvalue weighted by atomic mass is 10.0. The summed E-state index contributed by atoms with van der Waals surface area (Å²) < 4.78 is 33.4. The fraction of sp³-hybridized carbons (Fsp3) is 0.258. The van der Waals surface area contributed by atoms with E-state index in [0.717, 1.165) is 41.0 Å². The van der Waals surface area contributed by atoms with Crippen molar-refractivity contribution in [1.29, 1.82) is 0 Å². The number of likely N-dealkylation sites (N-methyl/N-ethyl adjacent to an activating group) is 1. The van der Waals surface area contributed by atoms with Crippen molar-refractivity contribution in [2.75, 3.05) is 33.3 Å². The molecule has 0 aliphatic carbocycles. The Labute approximate surface area is 234 Å². The second-order valence-corrected chi connectivity index (χ2v) is 10.2. The Kier molecular flexibility index (Phi) is 7.00. The molecule has 0 saturated carbocycles. The molecule has 0 bridgehead atoms. The van der Waals surface area contributed by atoms with Crippen LogP contribution in [0.2, 0.25) is 0 Å². The number of hydrogen-bond acceptors (Lipinski definition) is 5. The van der Waals surface area contributed by atoms with Crippen LogP contribution in [0.25, 0.3) is 44.2 Å². The first kappa shape index (κ1) is 26.6. The number of pyridine rings is 2. The normalized spacial score (nSPS) is 16.3. The SMILES string of the molecule is C[C@@H]1C(=O)N(C)CCN1CCOc1ccc(-c2ccc3cc(-c4cn(C(F)F)c(=O)c5[nH]ccc45)ccc3n2)cc1. The molecule has 0 unspecified atom stereocenters. The van der Waals surface area contributed by atoms with Crippen molar-refractivity contribution in [2.45, 2.75) is 19.5 Å². The van der Waals surface area contributed by atoms with E-state index in [2.05, 4.69) is 9.88 Å². The van der Waals surface area contributed by atoms with Gasteiger partial charge in [-0.1, -0.05) is 12.1 Å². The van der Waals surface area contributed by atoms with Crippen LogP contribution in [0.3, 0.4) is 0 Å². The number of H-pyrrole nitrogens is 1. The minimum Gasteiger partial charge on any atom is -0.492 e. The summed E-state index contributed by atoms with van der Waals surface area (Å²) in [5.41, 5.74) is 3.12. The number of benzene rings is 2. The summed E-state index contributed by atoms with van der Waals surface area (Å²) in [5.74, 6) is 0.879. The lowest BCUT2D eigenvalue weighted by Crippen LogP contribution is -2.55. The van der Waals surface area contributed by atoms with Crippen molar-refractivity contribution in [1.82, 2.24) is 24.3 Å². The Bertz CT molecular complexity index is 1800. The number of carbonyl (C=O) groups is 1. The van der Waals surface area contributed by atoms with Crippen molar-refractivity contribution in [3.8, 4) is 28.1 Å². The molecule has 1 aliphatic heterocycles. The van der Waals surface area contributed by atoms with Crippen molar-refractivity contribution < 1.29 is 18.3 Å². The predicted octanol–water partition coefficient (Wildman–Crippen LogP) is 5.15. The maximum Gasteiger partial charge on any atom is 0.321 e. The smallest absolute Gasteiger partial charge is 0.321 e. The average Bonchev–Trinajstić information content (AvgIpc) is 3.48. The van der Waals surface area contributed by atoms with Crippen LogP contribution in [-0.2, 0) is 4.79 Å². The van der Waals surface area contributed by atoms with Gasteiger partial charge in [0.15, 0.2) is 0 Å². The summed E-state index contributed by atoms with van der Waals surface area (Å²) in [6, 6.07) is 18.7. The van der Waals surface area contributed by atoms with Crippen LogP contribution in [0.5, 0.6) is 5.75 Å². The van der Waals surface area contributed by atoms with Gasteiger partial charge in [0, 0.05) is 61.0 Å². The third-order valence-corrected chi connectivity index (χ3v) is 7.77. The zero-order chi connectivity index (χ0) is 28.7. The van der Waals surface area contributed by atoms with Crippen LogP contribution in [0, 0.1) is 0 Å². The number of aromatic nitrogens is 3. The number of hydrogen-bond donors (Lipinski definition) is 1. The molecule has 1 N–H and O–H groups in total. The van der Waals surface area contributed by atoms with E-state index in [1.165, 1.54) is 6.20 Å². The van der Waals surface area contributed by atoms with Crippen LogP contribution in [0.1, 0.15) is 13.5 Å². The summed E-state index contributed by atoms with van der Waals surface area (Å²) in [7, 11) is 1.83. The molecule has 41 heavy (non-hydrogen) atoms. The van der Waals surface area contributed by atoms with Crippen LogP contribution in [-0.4, -0.2) is 69.6 Å². The van der Waals surface area contributed by atoms with Gasteiger partial charge in [0.1, 0.15) is 17.9 Å². The molecule has 1 saturated heterocycles. The monoisotopic (exact) mass is 557 g/mol. The summed E-state index contributed by atoms with van der Waals surface area (Å²) >= 11 is 0. The van der Waals surface area contributed by atoms with E-state index in [0.29, 0.717) is 34.2 Å². The lowest BCUT2D eigenvalue weighted by molar-refractivity contribution is -0.139. The first-order valence-corrected chi connectivity index (χ1v) is 13.4. The second-order valence-electron chi connectivity index (χ2n) is 10.2. The van der Waals surface area contributed by atoms with Gasteiger partial charge in [-0.25, -0.2) is 4.98 Å². The standard InChI is InChI=1S/C31H29F2N5O3/c1-19-29(39)36(2)13-14-37(19)15-16-41-23-7-3-20(4-8-23)26-10-6-22-17-21(5-9-27(22)35-26)25-18-38(31(32)33)30(40)28-24(25)11-12-34-28/h3-12,17-19,31,34H,13-16H2,1-2H3/t19-/m1/s1. The first-order chi connectivity index (χ1) is 19.8. The number of halogens is 2. The van der Waals surface area contributed by atoms with Crippen molar-refractivity contribution >= 4 is 27.7 Å². The highest BCUT2D eigenvalue weighted by molar-refractivity contribution is 5.97. The highest BCUT2D eigenvalue weighted by Crippen LogP contribution is 2.31. The van der Waals surface area contributed by atoms with Gasteiger partial charge in [-0.3, -0.25) is 19.1 Å². The van der Waals surface area contributed by atoms with E-state index >= 15 is 0 Å². The van der Waals surface area contributed by atoms with Crippen molar-refractivity contribution in [3.63, 3.8) is 0 Å². The van der Waals surface area contributed by atoms with Gasteiger partial charge < -0.3 is 14.6 Å². The zero-order valence-electron chi connectivity index (χ0n) is 22.7. The predicted molar refractivity (Wildman–Crippen MR) is 154 cm³/mol. The number of piperazine rings is 1. The van der Waals surface area contributed by atoms with E-state index in [4.69, 9.17) is 9.72 Å². The molecule has 2 aromatic carbocycles. The van der Waals surface area contributed by atoms with Gasteiger partial charge in [-0.05, 0) is 61.0 Å². The van der Waals surface area contributed by atoms with Gasteiger partial charge in [-0.15, -0.1) is 0 Å². The lowest BCUT2D eigenvalue weighted by Gasteiger charge is -2.37. The quantitative estimate of drug-likeness (QED) is 0.299. The molecule has 1 atom stereocenters. The Hall–Kier alpha value is -4.57. The van der Waals surface area contributed by atoms with Gasteiger partial charge >= 0.3 is 6.55 Å².